The Balaban J connectivity index is 0.00000280. The number of carbonyl (C=O) groups is 2. The van der Waals surface area contributed by atoms with Gasteiger partial charge in [0.25, 0.3) is 5.91 Å². The minimum Gasteiger partial charge on any atom is -0.351 e. The van der Waals surface area contributed by atoms with Crippen LogP contribution in [0.4, 0.5) is 0 Å². The van der Waals surface area contributed by atoms with Gasteiger partial charge in [0.1, 0.15) is 0 Å². The van der Waals surface area contributed by atoms with Crippen LogP contribution in [0, 0.1) is 0 Å². The molecule has 0 unspecified atom stereocenters. The van der Waals surface area contributed by atoms with Crippen molar-refractivity contribution in [3.05, 3.63) is 52.7 Å². The molecular weight excluding hydrogens is 414 g/mol. The van der Waals surface area contributed by atoms with Gasteiger partial charge in [-0.15, -0.1) is 24.2 Å². The Kier molecular flexibility index (Phi) is 9.84. The molecule has 3 rings (SSSR count). The summed E-state index contributed by atoms with van der Waals surface area (Å²) >= 11 is 3.25. The normalized spacial score (nSPS) is 14.4. The number of thioether (sulfide) groups is 1. The maximum Gasteiger partial charge on any atom is 0.252 e. The average Bonchev–Trinajstić information content (AvgIpc) is 3.24. The van der Waals surface area contributed by atoms with Crippen molar-refractivity contribution in [3.8, 4) is 0 Å². The summed E-state index contributed by atoms with van der Waals surface area (Å²) in [5, 5.41) is 6.72. The Hall–Kier alpha value is -1.54. The number of halogens is 1. The third kappa shape index (κ3) is 7.13. The second-order valence-electron chi connectivity index (χ2n) is 6.40. The molecule has 0 spiro atoms. The molecule has 1 saturated heterocycles. The lowest BCUT2D eigenvalue weighted by molar-refractivity contribution is -0.132. The first-order valence-corrected chi connectivity index (χ1v) is 11.1. The fourth-order valence-electron chi connectivity index (χ4n) is 2.98. The maximum absolute atomic E-state index is 12.4. The predicted octanol–water partition coefficient (Wildman–Crippen LogP) is 3.23. The molecule has 2 aromatic rings. The van der Waals surface area contributed by atoms with Gasteiger partial charge in [0.2, 0.25) is 5.91 Å². The molecule has 2 amide bonds. The smallest absolute Gasteiger partial charge is 0.252 e. The zero-order chi connectivity index (χ0) is 18.9. The second-order valence-corrected chi connectivity index (χ2v) is 8.35. The fraction of sp³-hybridized carbons (Fsp3) is 0.400. The first-order chi connectivity index (χ1) is 13.2. The van der Waals surface area contributed by atoms with E-state index in [0.717, 1.165) is 44.0 Å². The molecule has 0 bridgehead atoms. The Morgan fingerprint density at radius 1 is 1.07 bits per heavy atom. The number of carbonyl (C=O) groups excluding carboxylic acids is 2. The van der Waals surface area contributed by atoms with Gasteiger partial charge in [0.05, 0.1) is 0 Å². The van der Waals surface area contributed by atoms with E-state index in [1.54, 1.807) is 11.8 Å². The van der Waals surface area contributed by atoms with E-state index in [9.17, 15) is 9.59 Å². The van der Waals surface area contributed by atoms with Crippen molar-refractivity contribution >= 4 is 47.3 Å². The average molecular weight is 440 g/mol. The van der Waals surface area contributed by atoms with Crippen molar-refractivity contribution in [2.24, 2.45) is 0 Å². The van der Waals surface area contributed by atoms with Crippen LogP contribution < -0.4 is 5.32 Å². The van der Waals surface area contributed by atoms with Gasteiger partial charge in [0.15, 0.2) is 0 Å². The highest BCUT2D eigenvalue weighted by atomic mass is 35.5. The van der Waals surface area contributed by atoms with Crippen molar-refractivity contribution in [2.45, 2.75) is 11.3 Å². The molecule has 1 aromatic carbocycles. The van der Waals surface area contributed by atoms with Crippen LogP contribution in [0.1, 0.15) is 16.8 Å². The third-order valence-corrected chi connectivity index (χ3v) is 6.25. The SMILES string of the molecule is Cl.O=C(NCCN1CCN(C(=O)CCSc2ccccc2)CC1)c1ccsc1. The summed E-state index contributed by atoms with van der Waals surface area (Å²) in [4.78, 5) is 29.8. The van der Waals surface area contributed by atoms with Crippen LogP contribution in [-0.4, -0.2) is 66.6 Å². The zero-order valence-corrected chi connectivity index (χ0v) is 18.2. The van der Waals surface area contributed by atoms with Crippen LogP contribution in [0.5, 0.6) is 0 Å². The van der Waals surface area contributed by atoms with Crippen LogP contribution in [0.15, 0.2) is 52.1 Å². The number of nitrogens with zero attached hydrogens (tertiary/aromatic N) is 2. The van der Waals surface area contributed by atoms with E-state index in [4.69, 9.17) is 0 Å². The number of benzene rings is 1. The van der Waals surface area contributed by atoms with Crippen molar-refractivity contribution < 1.29 is 9.59 Å². The molecule has 0 saturated carbocycles. The molecule has 5 nitrogen and oxygen atoms in total. The van der Waals surface area contributed by atoms with E-state index in [1.165, 1.54) is 16.2 Å². The molecular formula is C20H26ClN3O2S2. The molecule has 1 aliphatic rings. The van der Waals surface area contributed by atoms with Crippen LogP contribution >= 0.6 is 35.5 Å². The minimum atomic E-state index is -0.0130. The lowest BCUT2D eigenvalue weighted by Crippen LogP contribution is -2.50. The molecule has 0 atom stereocenters. The lowest BCUT2D eigenvalue weighted by atomic mass is 10.3. The number of thiophene rings is 1. The summed E-state index contributed by atoms with van der Waals surface area (Å²) in [7, 11) is 0. The van der Waals surface area contributed by atoms with E-state index >= 15 is 0 Å². The number of nitrogens with one attached hydrogen (secondary N) is 1. The van der Waals surface area contributed by atoms with Gasteiger partial charge in [-0.1, -0.05) is 18.2 Å². The van der Waals surface area contributed by atoms with Crippen LogP contribution in [0.25, 0.3) is 0 Å². The van der Waals surface area contributed by atoms with E-state index in [2.05, 4.69) is 22.3 Å². The van der Waals surface area contributed by atoms with Gasteiger partial charge in [-0.3, -0.25) is 14.5 Å². The standard InChI is InChI=1S/C20H25N3O2S2.ClH/c24-19(7-15-27-18-4-2-1-3-5-18)23-12-10-22(11-13-23)9-8-21-20(25)17-6-14-26-16-17;/h1-6,14,16H,7-13,15H2,(H,21,25);1H. The minimum absolute atomic E-state index is 0. The quantitative estimate of drug-likeness (QED) is 0.641. The molecule has 2 heterocycles. The fourth-order valence-corrected chi connectivity index (χ4v) is 4.47. The number of rotatable bonds is 8. The summed E-state index contributed by atoms with van der Waals surface area (Å²) in [6.07, 6.45) is 0.580. The van der Waals surface area contributed by atoms with E-state index in [0.29, 0.717) is 13.0 Å². The highest BCUT2D eigenvalue weighted by molar-refractivity contribution is 7.99. The summed E-state index contributed by atoms with van der Waals surface area (Å²) in [5.74, 6) is 1.04. The van der Waals surface area contributed by atoms with Gasteiger partial charge in [-0.05, 0) is 23.6 Å². The molecule has 28 heavy (non-hydrogen) atoms. The Bertz CT molecular complexity index is 720. The van der Waals surface area contributed by atoms with Gasteiger partial charge >= 0.3 is 0 Å². The summed E-state index contributed by atoms with van der Waals surface area (Å²) in [6, 6.07) is 12.0. The van der Waals surface area contributed by atoms with Gasteiger partial charge in [0, 0.05) is 67.3 Å². The highest BCUT2D eigenvalue weighted by Crippen LogP contribution is 2.18. The number of hydrogen-bond acceptors (Lipinski definition) is 5. The molecule has 0 radical (unpaired) electrons. The Morgan fingerprint density at radius 2 is 1.82 bits per heavy atom. The molecule has 152 valence electrons. The third-order valence-electron chi connectivity index (χ3n) is 4.55. The molecule has 8 heteroatoms. The molecule has 1 N–H and O–H groups in total. The lowest BCUT2D eigenvalue weighted by Gasteiger charge is -2.34. The first-order valence-electron chi connectivity index (χ1n) is 9.21. The monoisotopic (exact) mass is 439 g/mol. The van der Waals surface area contributed by atoms with Crippen molar-refractivity contribution in [3.63, 3.8) is 0 Å². The Labute approximate surface area is 180 Å². The molecule has 1 aliphatic heterocycles. The number of piperazine rings is 1. The summed E-state index contributed by atoms with van der Waals surface area (Å²) in [5.41, 5.74) is 0.726. The van der Waals surface area contributed by atoms with E-state index in [1.807, 2.05) is 39.9 Å². The summed E-state index contributed by atoms with van der Waals surface area (Å²) in [6.45, 7) is 4.73. The first kappa shape index (κ1) is 22.7. The van der Waals surface area contributed by atoms with Crippen LogP contribution in [0.2, 0.25) is 0 Å². The molecule has 0 aliphatic carbocycles. The van der Waals surface area contributed by atoms with E-state index in [-0.39, 0.29) is 24.2 Å². The van der Waals surface area contributed by atoms with Crippen molar-refractivity contribution in [2.75, 3.05) is 45.0 Å². The van der Waals surface area contributed by atoms with Crippen molar-refractivity contribution in [1.82, 2.24) is 15.1 Å². The highest BCUT2D eigenvalue weighted by Gasteiger charge is 2.20. The predicted molar refractivity (Wildman–Crippen MR) is 119 cm³/mol. The van der Waals surface area contributed by atoms with Crippen LogP contribution in [0.3, 0.4) is 0 Å². The maximum atomic E-state index is 12.4. The molecule has 1 aromatic heterocycles. The van der Waals surface area contributed by atoms with E-state index < -0.39 is 0 Å². The van der Waals surface area contributed by atoms with Gasteiger partial charge in [-0.2, -0.15) is 11.3 Å². The topological polar surface area (TPSA) is 52.7 Å². The second kappa shape index (κ2) is 12.1. The van der Waals surface area contributed by atoms with Crippen molar-refractivity contribution in [1.29, 1.82) is 0 Å². The summed E-state index contributed by atoms with van der Waals surface area (Å²) < 4.78 is 0. The Morgan fingerprint density at radius 3 is 2.50 bits per heavy atom. The van der Waals surface area contributed by atoms with Crippen LogP contribution in [-0.2, 0) is 4.79 Å². The zero-order valence-electron chi connectivity index (χ0n) is 15.7. The van der Waals surface area contributed by atoms with Gasteiger partial charge < -0.3 is 10.2 Å². The molecule has 1 fully saturated rings. The van der Waals surface area contributed by atoms with Gasteiger partial charge in [-0.25, -0.2) is 0 Å². The number of amides is 2. The number of hydrogen-bond donors (Lipinski definition) is 1. The largest absolute Gasteiger partial charge is 0.351 e.